The minimum absolute atomic E-state index is 0.0833. The highest BCUT2D eigenvalue weighted by atomic mass is 35.5. The van der Waals surface area contributed by atoms with E-state index in [9.17, 15) is 4.79 Å². The molecule has 33 heavy (non-hydrogen) atoms. The lowest BCUT2D eigenvalue weighted by atomic mass is 10.1. The summed E-state index contributed by atoms with van der Waals surface area (Å²) in [6.07, 6.45) is 0. The van der Waals surface area contributed by atoms with Crippen molar-refractivity contribution >= 4 is 35.0 Å². The zero-order chi connectivity index (χ0) is 23.5. The van der Waals surface area contributed by atoms with Gasteiger partial charge in [-0.3, -0.25) is 9.36 Å². The first-order valence-corrected chi connectivity index (χ1v) is 12.0. The Morgan fingerprint density at radius 1 is 0.909 bits per heavy atom. The molecule has 168 valence electrons. The number of anilines is 1. The van der Waals surface area contributed by atoms with Crippen LogP contribution in [0.2, 0.25) is 5.02 Å². The number of carbonyl (C=O) groups is 1. The molecule has 0 unspecified atom stereocenters. The summed E-state index contributed by atoms with van der Waals surface area (Å²) in [6, 6.07) is 19.7. The third-order valence-electron chi connectivity index (χ3n) is 5.56. The van der Waals surface area contributed by atoms with E-state index in [4.69, 9.17) is 11.6 Å². The monoisotopic (exact) mass is 476 g/mol. The fourth-order valence-electron chi connectivity index (χ4n) is 3.56. The zero-order valence-corrected chi connectivity index (χ0v) is 20.6. The van der Waals surface area contributed by atoms with E-state index in [1.165, 1.54) is 22.9 Å². The zero-order valence-electron chi connectivity index (χ0n) is 19.0. The van der Waals surface area contributed by atoms with Crippen LogP contribution in [0.25, 0.3) is 17.1 Å². The van der Waals surface area contributed by atoms with Gasteiger partial charge in [0.2, 0.25) is 5.91 Å². The molecule has 0 aliphatic carbocycles. The number of halogens is 1. The molecule has 4 rings (SSSR count). The van der Waals surface area contributed by atoms with Crippen molar-refractivity contribution in [3.05, 3.63) is 87.9 Å². The first kappa shape index (κ1) is 23.1. The summed E-state index contributed by atoms with van der Waals surface area (Å²) in [5.41, 5.74) is 7.17. The van der Waals surface area contributed by atoms with Crippen molar-refractivity contribution in [1.82, 2.24) is 14.8 Å². The molecule has 0 spiro atoms. The van der Waals surface area contributed by atoms with Crippen molar-refractivity contribution < 1.29 is 4.79 Å². The number of carbonyl (C=O) groups excluding carboxylic acids is 1. The van der Waals surface area contributed by atoms with Gasteiger partial charge in [0, 0.05) is 16.3 Å². The van der Waals surface area contributed by atoms with E-state index >= 15 is 0 Å². The third kappa shape index (κ3) is 5.13. The molecule has 0 fully saturated rings. The van der Waals surface area contributed by atoms with Gasteiger partial charge in [-0.25, -0.2) is 0 Å². The summed E-state index contributed by atoms with van der Waals surface area (Å²) in [4.78, 5) is 12.7. The van der Waals surface area contributed by atoms with Gasteiger partial charge >= 0.3 is 0 Å². The van der Waals surface area contributed by atoms with Crippen LogP contribution < -0.4 is 5.32 Å². The van der Waals surface area contributed by atoms with Gasteiger partial charge in [0.15, 0.2) is 11.0 Å². The Hall–Kier alpha value is -3.09. The Morgan fingerprint density at radius 3 is 2.27 bits per heavy atom. The molecular formula is C26H25ClN4OS. The maximum Gasteiger partial charge on any atom is 0.234 e. The molecular weight excluding hydrogens is 452 g/mol. The highest BCUT2D eigenvalue weighted by Gasteiger charge is 2.18. The molecule has 0 aliphatic rings. The number of aromatic nitrogens is 3. The van der Waals surface area contributed by atoms with Crippen LogP contribution in [0.4, 0.5) is 5.69 Å². The van der Waals surface area contributed by atoms with E-state index in [-0.39, 0.29) is 11.7 Å². The SMILES string of the molecule is Cc1ccc(-n2c(SCC(=O)Nc3c(C)cccc3C)nnc2-c2ccc(Cl)cc2)cc1C. The first-order valence-electron chi connectivity index (χ1n) is 10.6. The lowest BCUT2D eigenvalue weighted by Crippen LogP contribution is -2.16. The van der Waals surface area contributed by atoms with Crippen molar-refractivity contribution in [2.45, 2.75) is 32.9 Å². The Morgan fingerprint density at radius 2 is 1.61 bits per heavy atom. The smallest absolute Gasteiger partial charge is 0.234 e. The molecule has 3 aromatic carbocycles. The number of hydrogen-bond donors (Lipinski definition) is 1. The van der Waals surface area contributed by atoms with E-state index in [0.29, 0.717) is 16.0 Å². The normalized spacial score (nSPS) is 10.9. The summed E-state index contributed by atoms with van der Waals surface area (Å²) in [5, 5.41) is 13.2. The molecule has 0 saturated heterocycles. The molecule has 1 aromatic heterocycles. The van der Waals surface area contributed by atoms with Gasteiger partial charge in [-0.1, -0.05) is 47.6 Å². The van der Waals surface area contributed by atoms with E-state index < -0.39 is 0 Å². The largest absolute Gasteiger partial charge is 0.325 e. The predicted octanol–water partition coefficient (Wildman–Crippen LogP) is 6.55. The number of nitrogens with one attached hydrogen (secondary N) is 1. The van der Waals surface area contributed by atoms with Crippen LogP contribution in [0.1, 0.15) is 22.3 Å². The van der Waals surface area contributed by atoms with Gasteiger partial charge in [-0.15, -0.1) is 10.2 Å². The second-order valence-electron chi connectivity index (χ2n) is 8.02. The third-order valence-corrected chi connectivity index (χ3v) is 6.74. The molecule has 0 saturated carbocycles. The van der Waals surface area contributed by atoms with Crippen LogP contribution in [0, 0.1) is 27.7 Å². The Balaban J connectivity index is 1.64. The Labute approximate surface area is 203 Å². The van der Waals surface area contributed by atoms with Crippen LogP contribution in [0.3, 0.4) is 0 Å². The van der Waals surface area contributed by atoms with Gasteiger partial charge in [-0.05, 0) is 86.3 Å². The fourth-order valence-corrected chi connectivity index (χ4v) is 4.44. The highest BCUT2D eigenvalue weighted by molar-refractivity contribution is 7.99. The van der Waals surface area contributed by atoms with Crippen LogP contribution in [-0.2, 0) is 4.79 Å². The highest BCUT2D eigenvalue weighted by Crippen LogP contribution is 2.30. The number of rotatable bonds is 6. The molecule has 5 nitrogen and oxygen atoms in total. The quantitative estimate of drug-likeness (QED) is 0.320. The fraction of sp³-hybridized carbons (Fsp3) is 0.192. The van der Waals surface area contributed by atoms with Crippen molar-refractivity contribution in [2.75, 3.05) is 11.1 Å². The average molecular weight is 477 g/mol. The molecule has 7 heteroatoms. The van der Waals surface area contributed by atoms with Gasteiger partial charge in [-0.2, -0.15) is 0 Å². The van der Waals surface area contributed by atoms with E-state index in [1.54, 1.807) is 0 Å². The van der Waals surface area contributed by atoms with E-state index in [1.807, 2.05) is 66.9 Å². The Bertz CT molecular complexity index is 1290. The van der Waals surface area contributed by atoms with Crippen LogP contribution in [-0.4, -0.2) is 26.4 Å². The summed E-state index contributed by atoms with van der Waals surface area (Å²) in [5.74, 6) is 0.838. The topological polar surface area (TPSA) is 59.8 Å². The number of hydrogen-bond acceptors (Lipinski definition) is 4. The van der Waals surface area contributed by atoms with E-state index in [2.05, 4.69) is 41.5 Å². The van der Waals surface area contributed by atoms with Gasteiger partial charge in [0.25, 0.3) is 0 Å². The maximum atomic E-state index is 12.7. The lowest BCUT2D eigenvalue weighted by molar-refractivity contribution is -0.113. The number of aryl methyl sites for hydroxylation is 4. The molecule has 1 amide bonds. The molecule has 1 N–H and O–H groups in total. The predicted molar refractivity (Wildman–Crippen MR) is 137 cm³/mol. The number of nitrogens with zero attached hydrogens (tertiary/aromatic N) is 3. The average Bonchev–Trinajstić information content (AvgIpc) is 3.21. The van der Waals surface area contributed by atoms with Gasteiger partial charge in [0.05, 0.1) is 11.4 Å². The van der Waals surface area contributed by atoms with Crippen molar-refractivity contribution in [3.8, 4) is 17.1 Å². The van der Waals surface area contributed by atoms with Crippen molar-refractivity contribution in [3.63, 3.8) is 0 Å². The van der Waals surface area contributed by atoms with Crippen molar-refractivity contribution in [1.29, 1.82) is 0 Å². The molecule has 0 atom stereocenters. The minimum Gasteiger partial charge on any atom is -0.325 e. The first-order chi connectivity index (χ1) is 15.8. The molecule has 1 heterocycles. The maximum absolute atomic E-state index is 12.7. The number of benzene rings is 3. The summed E-state index contributed by atoms with van der Waals surface area (Å²) >= 11 is 7.44. The number of amides is 1. The van der Waals surface area contributed by atoms with Gasteiger partial charge < -0.3 is 5.32 Å². The molecule has 0 aliphatic heterocycles. The van der Waals surface area contributed by atoms with Crippen LogP contribution >= 0.6 is 23.4 Å². The second kappa shape index (κ2) is 9.81. The summed E-state index contributed by atoms with van der Waals surface area (Å²) in [6.45, 7) is 8.14. The second-order valence-corrected chi connectivity index (χ2v) is 9.40. The summed E-state index contributed by atoms with van der Waals surface area (Å²) < 4.78 is 1.99. The molecule has 0 bridgehead atoms. The summed E-state index contributed by atoms with van der Waals surface area (Å²) in [7, 11) is 0. The van der Waals surface area contributed by atoms with Crippen LogP contribution in [0.15, 0.2) is 65.8 Å². The van der Waals surface area contributed by atoms with Gasteiger partial charge in [0.1, 0.15) is 0 Å². The van der Waals surface area contributed by atoms with Crippen molar-refractivity contribution in [2.24, 2.45) is 0 Å². The number of thioether (sulfide) groups is 1. The standard InChI is InChI=1S/C26H25ClN4OS/c1-16-8-13-22(14-19(16)4)31-25(20-9-11-21(27)12-10-20)29-30-26(31)33-15-23(32)28-24-17(2)6-5-7-18(24)3/h5-14H,15H2,1-4H3,(H,28,32). The minimum atomic E-state index is -0.0833. The Kier molecular flexibility index (Phi) is 6.86. The van der Waals surface area contributed by atoms with Crippen LogP contribution in [0.5, 0.6) is 0 Å². The molecule has 4 aromatic rings. The molecule has 0 radical (unpaired) electrons. The lowest BCUT2D eigenvalue weighted by Gasteiger charge is -2.13. The number of para-hydroxylation sites is 1. The van der Waals surface area contributed by atoms with E-state index in [0.717, 1.165) is 28.1 Å².